The van der Waals surface area contributed by atoms with Crippen LogP contribution in [-0.4, -0.2) is 5.91 Å². The Bertz CT molecular complexity index is 479. The molecule has 0 atom stereocenters. The molecule has 0 aromatic heterocycles. The average Bonchev–Trinajstić information content (AvgIpc) is 2.15. The highest BCUT2D eigenvalue weighted by atomic mass is 79.9. The summed E-state index contributed by atoms with van der Waals surface area (Å²) in [5.74, 6) is -0.654. The lowest BCUT2D eigenvalue weighted by molar-refractivity contribution is -0.137. The number of nitrogens with zero attached hydrogens (tertiary/aromatic N) is 1. The molecule has 0 spiro atoms. The van der Waals surface area contributed by atoms with Gasteiger partial charge in [-0.1, -0.05) is 15.9 Å². The van der Waals surface area contributed by atoms with E-state index in [1.807, 2.05) is 0 Å². The summed E-state index contributed by atoms with van der Waals surface area (Å²) in [6.07, 6.45) is -4.90. The van der Waals surface area contributed by atoms with Gasteiger partial charge < -0.3 is 5.32 Å². The summed E-state index contributed by atoms with van der Waals surface area (Å²) in [5, 5.41) is 10.5. The quantitative estimate of drug-likeness (QED) is 0.911. The van der Waals surface area contributed by atoms with Gasteiger partial charge in [0.15, 0.2) is 0 Å². The van der Waals surface area contributed by atoms with E-state index >= 15 is 0 Å². The zero-order chi connectivity index (χ0) is 13.1. The number of amides is 1. The Hall–Kier alpha value is -1.55. The fourth-order valence-corrected chi connectivity index (χ4v) is 1.60. The molecule has 7 heteroatoms. The van der Waals surface area contributed by atoms with E-state index in [1.54, 1.807) is 6.07 Å². The molecule has 0 saturated carbocycles. The van der Waals surface area contributed by atoms with E-state index in [9.17, 15) is 18.0 Å². The van der Waals surface area contributed by atoms with Gasteiger partial charge >= 0.3 is 6.18 Å². The molecule has 3 nitrogen and oxygen atoms in total. The fourth-order valence-electron chi connectivity index (χ4n) is 1.10. The minimum Gasteiger partial charge on any atom is -0.325 e. The molecule has 0 aliphatic carbocycles. The lowest BCUT2D eigenvalue weighted by atomic mass is 10.2. The van der Waals surface area contributed by atoms with Gasteiger partial charge in [0.2, 0.25) is 5.91 Å². The normalized spacial score (nSPS) is 10.8. The highest BCUT2D eigenvalue weighted by Gasteiger charge is 2.31. The smallest absolute Gasteiger partial charge is 0.325 e. The molecule has 0 aliphatic heterocycles. The molecule has 1 aromatic rings. The number of halogens is 4. The van der Waals surface area contributed by atoms with E-state index in [4.69, 9.17) is 5.26 Å². The lowest BCUT2D eigenvalue weighted by Crippen LogP contribution is -2.12. The average molecular weight is 307 g/mol. The number of benzene rings is 1. The number of hydrogen-bond acceptors (Lipinski definition) is 2. The Morgan fingerprint density at radius 3 is 2.59 bits per heavy atom. The van der Waals surface area contributed by atoms with Crippen LogP contribution >= 0.6 is 15.9 Å². The highest BCUT2D eigenvalue weighted by molar-refractivity contribution is 9.10. The second-order valence-corrected chi connectivity index (χ2v) is 4.03. The van der Waals surface area contributed by atoms with E-state index < -0.39 is 24.1 Å². The van der Waals surface area contributed by atoms with Crippen molar-refractivity contribution in [1.82, 2.24) is 0 Å². The molecule has 17 heavy (non-hydrogen) atoms. The topological polar surface area (TPSA) is 52.9 Å². The maximum Gasteiger partial charge on any atom is 0.416 e. The Kier molecular flexibility index (Phi) is 4.12. The first kappa shape index (κ1) is 13.5. The number of hydrogen-bond donors (Lipinski definition) is 1. The molecule has 0 aliphatic rings. The molecule has 0 unspecified atom stereocenters. The van der Waals surface area contributed by atoms with Crippen molar-refractivity contribution in [2.75, 3.05) is 5.32 Å². The molecule has 0 heterocycles. The molecule has 1 rings (SSSR count). The predicted molar refractivity (Wildman–Crippen MR) is 58.0 cm³/mol. The van der Waals surface area contributed by atoms with Gasteiger partial charge in [0, 0.05) is 10.2 Å². The van der Waals surface area contributed by atoms with Crippen molar-refractivity contribution < 1.29 is 18.0 Å². The number of alkyl halides is 3. The van der Waals surface area contributed by atoms with Crippen molar-refractivity contribution in [3.8, 4) is 6.07 Å². The second kappa shape index (κ2) is 5.19. The largest absolute Gasteiger partial charge is 0.416 e. The number of nitriles is 1. The van der Waals surface area contributed by atoms with Crippen LogP contribution in [0.2, 0.25) is 0 Å². The third kappa shape index (κ3) is 4.07. The molecule has 90 valence electrons. The third-order valence-corrected chi connectivity index (χ3v) is 2.21. The summed E-state index contributed by atoms with van der Waals surface area (Å²) in [7, 11) is 0. The first-order valence-corrected chi connectivity index (χ1v) is 5.17. The number of carbonyl (C=O) groups excluding carboxylic acids is 1. The van der Waals surface area contributed by atoms with Crippen molar-refractivity contribution in [3.05, 3.63) is 28.2 Å². The van der Waals surface area contributed by atoms with Crippen LogP contribution in [0.15, 0.2) is 22.7 Å². The number of anilines is 1. The number of carbonyl (C=O) groups is 1. The first-order chi connectivity index (χ1) is 7.82. The summed E-state index contributed by atoms with van der Waals surface area (Å²) in [6.45, 7) is 0. The van der Waals surface area contributed by atoms with Crippen molar-refractivity contribution in [2.45, 2.75) is 12.6 Å². The van der Waals surface area contributed by atoms with Crippen LogP contribution in [0.3, 0.4) is 0 Å². The summed E-state index contributed by atoms with van der Waals surface area (Å²) in [5.41, 5.74) is -0.883. The number of rotatable bonds is 2. The van der Waals surface area contributed by atoms with Gasteiger partial charge in [-0.15, -0.1) is 0 Å². The lowest BCUT2D eigenvalue weighted by Gasteiger charge is -2.10. The van der Waals surface area contributed by atoms with Gasteiger partial charge in [-0.3, -0.25) is 4.79 Å². The Morgan fingerprint density at radius 2 is 2.06 bits per heavy atom. The highest BCUT2D eigenvalue weighted by Crippen LogP contribution is 2.33. The Balaban J connectivity index is 2.99. The van der Waals surface area contributed by atoms with Gasteiger partial charge in [0.05, 0.1) is 11.6 Å². The summed E-state index contributed by atoms with van der Waals surface area (Å²) in [6, 6.07) is 4.63. The van der Waals surface area contributed by atoms with Crippen LogP contribution < -0.4 is 5.32 Å². The summed E-state index contributed by atoms with van der Waals surface area (Å²) < 4.78 is 37.5. The van der Waals surface area contributed by atoms with Crippen LogP contribution in [0.25, 0.3) is 0 Å². The molecule has 0 saturated heterocycles. The van der Waals surface area contributed by atoms with Crippen molar-refractivity contribution >= 4 is 27.5 Å². The zero-order valence-corrected chi connectivity index (χ0v) is 9.89. The maximum absolute atomic E-state index is 12.4. The second-order valence-electron chi connectivity index (χ2n) is 3.11. The molecule has 1 amide bonds. The van der Waals surface area contributed by atoms with Gasteiger partial charge in [-0.2, -0.15) is 18.4 Å². The standard InChI is InChI=1S/C10H6BrF3N2O/c11-7-3-6(10(12,13)14)4-8(5-7)16-9(17)1-2-15/h3-5H,1H2,(H,16,17). The van der Waals surface area contributed by atoms with Crippen LogP contribution in [-0.2, 0) is 11.0 Å². The van der Waals surface area contributed by atoms with Crippen LogP contribution in [0, 0.1) is 11.3 Å². The molecule has 0 fully saturated rings. The van der Waals surface area contributed by atoms with Crippen LogP contribution in [0.1, 0.15) is 12.0 Å². The van der Waals surface area contributed by atoms with Gasteiger partial charge in [-0.25, -0.2) is 0 Å². The van der Waals surface area contributed by atoms with Crippen molar-refractivity contribution in [2.24, 2.45) is 0 Å². The minimum atomic E-state index is -4.49. The van der Waals surface area contributed by atoms with Gasteiger partial charge in [0.25, 0.3) is 0 Å². The maximum atomic E-state index is 12.4. The molecular weight excluding hydrogens is 301 g/mol. The van der Waals surface area contributed by atoms with E-state index in [0.717, 1.165) is 12.1 Å². The monoisotopic (exact) mass is 306 g/mol. The predicted octanol–water partition coefficient (Wildman–Crippen LogP) is 3.32. The molecule has 0 bridgehead atoms. The Labute approximate surface area is 103 Å². The van der Waals surface area contributed by atoms with Crippen LogP contribution in [0.5, 0.6) is 0 Å². The fraction of sp³-hybridized carbons (Fsp3) is 0.200. The number of nitrogens with one attached hydrogen (secondary N) is 1. The minimum absolute atomic E-state index is 0.00745. The van der Waals surface area contributed by atoms with Crippen molar-refractivity contribution in [3.63, 3.8) is 0 Å². The molecular formula is C10H6BrF3N2O. The van der Waals surface area contributed by atoms with Gasteiger partial charge in [0.1, 0.15) is 6.42 Å². The van der Waals surface area contributed by atoms with E-state index in [0.29, 0.717) is 0 Å². The van der Waals surface area contributed by atoms with Crippen LogP contribution in [0.4, 0.5) is 18.9 Å². The van der Waals surface area contributed by atoms with Crippen molar-refractivity contribution in [1.29, 1.82) is 5.26 Å². The van der Waals surface area contributed by atoms with E-state index in [2.05, 4.69) is 21.2 Å². The molecule has 1 aromatic carbocycles. The SMILES string of the molecule is N#CCC(=O)Nc1cc(Br)cc(C(F)(F)F)c1. The first-order valence-electron chi connectivity index (χ1n) is 4.37. The molecule has 1 N–H and O–H groups in total. The van der Waals surface area contributed by atoms with Gasteiger partial charge in [-0.05, 0) is 18.2 Å². The van der Waals surface area contributed by atoms with E-state index in [1.165, 1.54) is 6.07 Å². The summed E-state index contributed by atoms with van der Waals surface area (Å²) >= 11 is 2.92. The zero-order valence-electron chi connectivity index (χ0n) is 8.31. The summed E-state index contributed by atoms with van der Waals surface area (Å²) in [4.78, 5) is 11.1. The Morgan fingerprint density at radius 1 is 1.41 bits per heavy atom. The molecule has 0 radical (unpaired) electrons. The third-order valence-electron chi connectivity index (χ3n) is 1.75. The van der Waals surface area contributed by atoms with E-state index in [-0.39, 0.29) is 10.2 Å².